The summed E-state index contributed by atoms with van der Waals surface area (Å²) in [7, 11) is 0. The van der Waals surface area contributed by atoms with Crippen molar-refractivity contribution in [2.45, 2.75) is 0 Å². The van der Waals surface area contributed by atoms with Crippen LogP contribution < -0.4 is 0 Å². The van der Waals surface area contributed by atoms with Gasteiger partial charge in [-0.1, -0.05) is 127 Å². The van der Waals surface area contributed by atoms with Crippen LogP contribution in [0.15, 0.2) is 200 Å². The van der Waals surface area contributed by atoms with Crippen LogP contribution in [0.25, 0.3) is 150 Å². The van der Waals surface area contributed by atoms with Crippen LogP contribution in [-0.2, 0) is 0 Å². The summed E-state index contributed by atoms with van der Waals surface area (Å²) in [6.45, 7) is 0. The average molecular weight is 915 g/mol. The standard InChI is InChI=1S/C62H34N4OS2/c67-54-22-19-40(42-14-6-10-39-31-51-53(33-48(39)42)66-28-26-46-58-44-12-4-2-8-35(44)21-24-56(58)69-60(46)62(66)64-51)29-49(54)37-17-15-36(16-18-37)41-13-5-9-38-30-50-52(32-47(38)41)65-27-25-45-57-43-11-3-1-7-34(43)20-23-55(57)68-59(45)61(65)63-50/h1-33,67H. The van der Waals surface area contributed by atoms with Crippen molar-refractivity contribution in [2.24, 2.45) is 0 Å². The van der Waals surface area contributed by atoms with E-state index in [0.29, 0.717) is 0 Å². The molecule has 0 bridgehead atoms. The fourth-order valence-electron chi connectivity index (χ4n) is 11.4. The number of pyridine rings is 2. The van der Waals surface area contributed by atoms with E-state index >= 15 is 0 Å². The Morgan fingerprint density at radius 2 is 0.841 bits per heavy atom. The maximum absolute atomic E-state index is 11.4. The van der Waals surface area contributed by atoms with E-state index in [4.69, 9.17) is 9.97 Å². The molecule has 0 aliphatic heterocycles. The number of fused-ring (bicyclic) bond motifs is 20. The van der Waals surface area contributed by atoms with E-state index in [-0.39, 0.29) is 5.75 Å². The number of imidazole rings is 2. The van der Waals surface area contributed by atoms with Crippen LogP contribution in [0, 0.1) is 0 Å². The Morgan fingerprint density at radius 1 is 0.362 bits per heavy atom. The number of aromatic hydroxyl groups is 1. The fourth-order valence-corrected chi connectivity index (χ4v) is 13.7. The van der Waals surface area contributed by atoms with Crippen LogP contribution in [0.4, 0.5) is 0 Å². The Bertz CT molecular complexity index is 4920. The van der Waals surface area contributed by atoms with Crippen molar-refractivity contribution >= 4 is 139 Å². The molecule has 0 saturated heterocycles. The maximum Gasteiger partial charge on any atom is 0.156 e. The fraction of sp³-hybridized carbons (Fsp3) is 0. The highest BCUT2D eigenvalue weighted by molar-refractivity contribution is 7.27. The number of rotatable bonds is 3. The summed E-state index contributed by atoms with van der Waals surface area (Å²) < 4.78 is 9.46. The second-order valence-corrected chi connectivity index (χ2v) is 20.4. The Hall–Kier alpha value is -8.62. The van der Waals surface area contributed by atoms with E-state index in [2.05, 4.69) is 197 Å². The van der Waals surface area contributed by atoms with Gasteiger partial charge in [0.05, 0.1) is 31.5 Å². The predicted molar refractivity (Wildman–Crippen MR) is 293 cm³/mol. The summed E-state index contributed by atoms with van der Waals surface area (Å²) >= 11 is 3.64. The van der Waals surface area contributed by atoms with Crippen molar-refractivity contribution < 1.29 is 5.11 Å². The zero-order valence-corrected chi connectivity index (χ0v) is 38.2. The molecule has 0 fully saturated rings. The lowest BCUT2D eigenvalue weighted by atomic mass is 9.93. The highest BCUT2D eigenvalue weighted by Crippen LogP contribution is 2.44. The van der Waals surface area contributed by atoms with Gasteiger partial charge in [-0.25, -0.2) is 9.97 Å². The summed E-state index contributed by atoms with van der Waals surface area (Å²) in [6.07, 6.45) is 4.37. The third-order valence-electron chi connectivity index (χ3n) is 14.6. The normalized spacial score (nSPS) is 12.4. The third-order valence-corrected chi connectivity index (χ3v) is 16.9. The minimum Gasteiger partial charge on any atom is -0.507 e. The van der Waals surface area contributed by atoms with Gasteiger partial charge in [-0.2, -0.15) is 0 Å². The van der Waals surface area contributed by atoms with Gasteiger partial charge in [0, 0.05) is 48.9 Å². The van der Waals surface area contributed by atoms with Gasteiger partial charge >= 0.3 is 0 Å². The van der Waals surface area contributed by atoms with Crippen LogP contribution in [0.5, 0.6) is 5.75 Å². The number of thiophene rings is 2. The molecule has 0 amide bonds. The topological polar surface area (TPSA) is 54.8 Å². The van der Waals surface area contributed by atoms with Gasteiger partial charge in [0.25, 0.3) is 0 Å². The van der Waals surface area contributed by atoms with Crippen LogP contribution in [0.3, 0.4) is 0 Å². The molecule has 16 rings (SSSR count). The monoisotopic (exact) mass is 914 g/mol. The molecule has 0 atom stereocenters. The highest BCUT2D eigenvalue weighted by atomic mass is 32.1. The van der Waals surface area contributed by atoms with Gasteiger partial charge in [0.15, 0.2) is 11.3 Å². The van der Waals surface area contributed by atoms with Crippen molar-refractivity contribution in [2.75, 3.05) is 0 Å². The molecular weight excluding hydrogens is 881 g/mol. The average Bonchev–Trinajstić information content (AvgIpc) is 4.17. The van der Waals surface area contributed by atoms with Crippen molar-refractivity contribution in [3.05, 3.63) is 200 Å². The van der Waals surface area contributed by atoms with Gasteiger partial charge in [0.1, 0.15) is 5.75 Å². The molecule has 320 valence electrons. The van der Waals surface area contributed by atoms with Gasteiger partial charge in [-0.3, -0.25) is 8.80 Å². The van der Waals surface area contributed by atoms with Crippen LogP contribution in [-0.4, -0.2) is 23.9 Å². The second kappa shape index (κ2) is 13.7. The van der Waals surface area contributed by atoms with Crippen molar-refractivity contribution in [3.63, 3.8) is 0 Å². The molecule has 0 spiro atoms. The molecule has 0 unspecified atom stereocenters. The first-order valence-corrected chi connectivity index (χ1v) is 24.8. The summed E-state index contributed by atoms with van der Waals surface area (Å²) in [5, 5.41) is 26.2. The highest BCUT2D eigenvalue weighted by Gasteiger charge is 2.19. The number of aromatic nitrogens is 4. The zero-order chi connectivity index (χ0) is 45.1. The minimum absolute atomic E-state index is 0.247. The summed E-state index contributed by atoms with van der Waals surface area (Å²) in [4.78, 5) is 10.5. The van der Waals surface area contributed by atoms with E-state index in [1.807, 2.05) is 34.8 Å². The molecule has 69 heavy (non-hydrogen) atoms. The SMILES string of the molecule is Oc1ccc(-c2cccc3cc4nc5c6sc7ccc8ccccc8c7c6ccn5c4cc23)cc1-c1ccc(-c2cccc3cc4nc5c6sc7ccc8ccccc8c7c6ccn5c4cc23)cc1. The smallest absolute Gasteiger partial charge is 0.156 e. The van der Waals surface area contributed by atoms with E-state index in [9.17, 15) is 5.11 Å². The van der Waals surface area contributed by atoms with E-state index in [1.54, 1.807) is 0 Å². The minimum atomic E-state index is 0.247. The van der Waals surface area contributed by atoms with Gasteiger partial charge < -0.3 is 5.11 Å². The number of hydrogen-bond donors (Lipinski definition) is 1. The molecule has 7 heteroatoms. The number of phenolic OH excluding ortho intramolecular Hbond substituents is 1. The molecule has 0 saturated carbocycles. The lowest BCUT2D eigenvalue weighted by Gasteiger charge is -2.12. The van der Waals surface area contributed by atoms with Gasteiger partial charge in [-0.15, -0.1) is 22.7 Å². The summed E-state index contributed by atoms with van der Waals surface area (Å²) in [5.74, 6) is 0.247. The lowest BCUT2D eigenvalue weighted by Crippen LogP contribution is -1.87. The summed E-state index contributed by atoms with van der Waals surface area (Å²) in [6, 6.07) is 67.4. The van der Waals surface area contributed by atoms with Crippen molar-refractivity contribution in [1.82, 2.24) is 18.8 Å². The first-order chi connectivity index (χ1) is 34.1. The number of phenols is 1. The molecule has 10 aromatic carbocycles. The van der Waals surface area contributed by atoms with Crippen LogP contribution >= 0.6 is 22.7 Å². The quantitative estimate of drug-likeness (QED) is 0.192. The van der Waals surface area contributed by atoms with E-state index in [0.717, 1.165) is 82.9 Å². The maximum atomic E-state index is 11.4. The molecule has 0 radical (unpaired) electrons. The van der Waals surface area contributed by atoms with Crippen molar-refractivity contribution in [3.8, 4) is 39.1 Å². The predicted octanol–water partition coefficient (Wildman–Crippen LogP) is 17.3. The summed E-state index contributed by atoms with van der Waals surface area (Å²) in [5.41, 5.74) is 12.2. The molecular formula is C62H34N4OS2. The lowest BCUT2D eigenvalue weighted by molar-refractivity contribution is 0.477. The molecule has 0 aliphatic rings. The van der Waals surface area contributed by atoms with Crippen LogP contribution in [0.2, 0.25) is 0 Å². The second-order valence-electron chi connectivity index (χ2n) is 18.3. The van der Waals surface area contributed by atoms with E-state index < -0.39 is 0 Å². The Kier molecular flexibility index (Phi) is 7.46. The molecule has 6 aromatic heterocycles. The largest absolute Gasteiger partial charge is 0.507 e. The molecule has 6 heterocycles. The van der Waals surface area contributed by atoms with Crippen LogP contribution in [0.1, 0.15) is 0 Å². The third kappa shape index (κ3) is 5.28. The van der Waals surface area contributed by atoms with Gasteiger partial charge in [-0.05, 0) is 132 Å². The number of nitrogens with zero attached hydrogens (tertiary/aromatic N) is 4. The van der Waals surface area contributed by atoms with Crippen molar-refractivity contribution in [1.29, 1.82) is 0 Å². The molecule has 0 aliphatic carbocycles. The first-order valence-electron chi connectivity index (χ1n) is 23.2. The number of hydrogen-bond acceptors (Lipinski definition) is 5. The van der Waals surface area contributed by atoms with E-state index in [1.165, 1.54) is 67.3 Å². The first kappa shape index (κ1) is 37.5. The molecule has 16 aromatic rings. The Labute approximate surface area is 400 Å². The molecule has 5 nitrogen and oxygen atoms in total. The van der Waals surface area contributed by atoms with Gasteiger partial charge in [0.2, 0.25) is 0 Å². The Morgan fingerprint density at radius 3 is 1.39 bits per heavy atom. The zero-order valence-electron chi connectivity index (χ0n) is 36.6. The number of benzene rings is 10. The Balaban J connectivity index is 0.777. The molecule has 1 N–H and O–H groups in total.